The van der Waals surface area contributed by atoms with Crippen LogP contribution in [0.1, 0.15) is 106 Å². The second-order valence-electron chi connectivity index (χ2n) is 26.7. The summed E-state index contributed by atoms with van der Waals surface area (Å²) >= 11 is 14.8. The number of halogens is 1. The van der Waals surface area contributed by atoms with Crippen LogP contribution in [0.25, 0.3) is 82.1 Å². The summed E-state index contributed by atoms with van der Waals surface area (Å²) in [5.74, 6) is 0. The lowest BCUT2D eigenvalue weighted by atomic mass is 9.61. The molecule has 0 unspecified atom stereocenters. The third-order valence-corrected chi connectivity index (χ3v) is 28.3. The van der Waals surface area contributed by atoms with Crippen molar-refractivity contribution in [2.45, 2.75) is 55.8 Å². The van der Waals surface area contributed by atoms with E-state index in [1.54, 1.807) is 0 Å². The molecule has 0 saturated heterocycles. The average molecular weight is 1360 g/mol. The van der Waals surface area contributed by atoms with E-state index in [9.17, 15) is 0 Å². The van der Waals surface area contributed by atoms with Crippen LogP contribution in [0.2, 0.25) is 0 Å². The molecule has 22 rings (SSSR count). The molecule has 10 aromatic carbocycles. The Balaban J connectivity index is 0.000000110. The predicted octanol–water partition coefficient (Wildman–Crippen LogP) is 25.8. The molecule has 1 nitrogen and oxygen atoms in total. The Hall–Kier alpha value is -8.28. The Morgan fingerprint density at radius 1 is 0.312 bits per heavy atom. The van der Waals surface area contributed by atoms with Crippen LogP contribution in [-0.4, -0.2) is 0 Å². The molecule has 5 aliphatic carbocycles. The fourth-order valence-electron chi connectivity index (χ4n) is 17.6. The minimum Gasteiger partial charge on any atom is -0.310 e. The van der Waals surface area contributed by atoms with Crippen molar-refractivity contribution >= 4 is 141 Å². The van der Waals surface area contributed by atoms with Crippen molar-refractivity contribution in [3.05, 3.63) is 334 Å². The molecule has 0 saturated carbocycles. The van der Waals surface area contributed by atoms with E-state index < -0.39 is 0 Å². The van der Waals surface area contributed by atoms with Crippen LogP contribution >= 0.6 is 84.0 Å². The van der Waals surface area contributed by atoms with Gasteiger partial charge in [-0.15, -0.1) is 68.0 Å². The summed E-state index contributed by atoms with van der Waals surface area (Å²) in [6, 6.07) is 87.2. The largest absolute Gasteiger partial charge is 0.310 e. The Bertz CT molecular complexity index is 5790. The van der Waals surface area contributed by atoms with Gasteiger partial charge in [-0.3, -0.25) is 0 Å². The Kier molecular flexibility index (Phi) is 11.8. The molecule has 0 N–H and O–H groups in total. The van der Waals surface area contributed by atoms with Crippen LogP contribution in [-0.2, 0) is 28.1 Å². The molecule has 16 aromatic rings. The summed E-state index contributed by atoms with van der Waals surface area (Å²) in [6.45, 7) is 9.57. The second-order valence-corrected chi connectivity index (χ2v) is 33.4. The van der Waals surface area contributed by atoms with Crippen LogP contribution in [0.15, 0.2) is 257 Å². The van der Waals surface area contributed by atoms with E-state index in [1.165, 1.54) is 177 Å². The maximum Gasteiger partial charge on any atom is 0.0771 e. The molecule has 8 heteroatoms. The maximum atomic E-state index is 3.51. The molecule has 0 bridgehead atoms. The maximum absolute atomic E-state index is 3.51. The van der Waals surface area contributed by atoms with Crippen molar-refractivity contribution in [2.75, 3.05) is 4.90 Å². The average Bonchev–Trinajstić information content (AvgIpc) is 1.55. The quantitative estimate of drug-likeness (QED) is 0.158. The molecule has 2 spiro atoms. The smallest absolute Gasteiger partial charge is 0.0771 e. The molecule has 7 heterocycles. The van der Waals surface area contributed by atoms with Gasteiger partial charge in [0.05, 0.1) is 22.2 Å². The summed E-state index contributed by atoms with van der Waals surface area (Å²) in [5.41, 5.74) is 28.9. The van der Waals surface area contributed by atoms with Gasteiger partial charge in [0, 0.05) is 80.8 Å². The lowest BCUT2D eigenvalue weighted by Gasteiger charge is -2.45. The van der Waals surface area contributed by atoms with E-state index in [-0.39, 0.29) is 21.7 Å². The summed E-state index contributed by atoms with van der Waals surface area (Å²) in [4.78, 5) is 8.34. The number of para-hydroxylation sites is 1. The molecule has 6 aromatic heterocycles. The van der Waals surface area contributed by atoms with Gasteiger partial charge >= 0.3 is 0 Å². The van der Waals surface area contributed by atoms with Gasteiger partial charge in [0.25, 0.3) is 0 Å². The SMILES string of the molecule is Brc1ccc2sc3ccccc3c2c1.CC1(C)c2ccccc2-c2cc3c(cc21)Cc1ccccc1C31c2ccsc2-c2sccc21.CC1(C)c2ccccc2-c2cc3c(cc21)N(c1ccc2sc4ccccc4c2c1)c1ccccc1C31c2ccsc2-c2sccc21. The molecule has 6 aliphatic rings. The number of thiophene rings is 6. The lowest BCUT2D eigenvalue weighted by Crippen LogP contribution is -2.36. The molecule has 0 amide bonds. The van der Waals surface area contributed by atoms with Crippen molar-refractivity contribution in [1.82, 2.24) is 0 Å². The number of hydrogen-bond donors (Lipinski definition) is 0. The lowest BCUT2D eigenvalue weighted by molar-refractivity contribution is 0.655. The highest BCUT2D eigenvalue weighted by molar-refractivity contribution is 9.10. The third-order valence-electron chi connectivity index (χ3n) is 21.6. The highest BCUT2D eigenvalue weighted by Crippen LogP contribution is 2.68. The number of anilines is 3. The van der Waals surface area contributed by atoms with Crippen molar-refractivity contribution < 1.29 is 0 Å². The molecule has 0 fully saturated rings. The van der Waals surface area contributed by atoms with Crippen LogP contribution in [0.4, 0.5) is 17.1 Å². The van der Waals surface area contributed by atoms with Gasteiger partial charge in [0.2, 0.25) is 0 Å². The Labute approximate surface area is 573 Å². The Morgan fingerprint density at radius 3 is 1.35 bits per heavy atom. The summed E-state index contributed by atoms with van der Waals surface area (Å²) < 4.78 is 6.54. The summed E-state index contributed by atoms with van der Waals surface area (Å²) in [6.07, 6.45) is 1.01. The van der Waals surface area contributed by atoms with Crippen molar-refractivity contribution in [1.29, 1.82) is 0 Å². The zero-order chi connectivity index (χ0) is 61.9. The topological polar surface area (TPSA) is 3.24 Å². The highest BCUT2D eigenvalue weighted by atomic mass is 79.9. The van der Waals surface area contributed by atoms with E-state index in [4.69, 9.17) is 0 Å². The number of rotatable bonds is 1. The fourth-order valence-corrected chi connectivity index (χ4v) is 24.3. The molecular formula is C85H56BrNS6. The standard InChI is InChI=1S/C42H27NS3.C31H22S2.C12H7BrS/c1-41(2)29-11-5-3-9-25(29)27-22-34-36(23-33(27)41)43(24-15-16-38-28(21-24)26-10-4-8-14-37(26)46-38)35-13-7-6-12-30(35)42(34)31-17-19-44-39(31)40-32(42)18-20-45-40;1-30(2)23-10-6-4-8-20(23)21-17-26-19(16-27(21)30)15-18-7-3-5-9-22(18)31(26)24-11-13-32-28(24)29-25(31)12-14-33-29;13-8-5-6-12-10(7-8)9-3-1-2-4-11(9)14-12/h3-23H,1-2H3;3-14,16-17H,15H2,1-2H3;1-7H. The van der Waals surface area contributed by atoms with Gasteiger partial charge < -0.3 is 4.90 Å². The first-order chi connectivity index (χ1) is 45.5. The normalized spacial score (nSPS) is 15.6. The number of hydrogen-bond acceptors (Lipinski definition) is 7. The number of benzene rings is 10. The van der Waals surface area contributed by atoms with Gasteiger partial charge in [-0.1, -0.05) is 177 Å². The van der Waals surface area contributed by atoms with Crippen LogP contribution in [0.5, 0.6) is 0 Å². The van der Waals surface area contributed by atoms with Crippen molar-refractivity contribution in [3.63, 3.8) is 0 Å². The molecular weight excluding hydrogens is 1310 g/mol. The van der Waals surface area contributed by atoms with E-state index in [2.05, 4.69) is 301 Å². The second kappa shape index (κ2) is 19.9. The van der Waals surface area contributed by atoms with Crippen molar-refractivity contribution in [3.8, 4) is 41.8 Å². The number of fused-ring (bicyclic) bond motifs is 30. The minimum atomic E-state index is -0.372. The minimum absolute atomic E-state index is 0.0296. The zero-order valence-corrected chi connectivity index (χ0v) is 57.7. The molecule has 0 radical (unpaired) electrons. The van der Waals surface area contributed by atoms with E-state index in [0.717, 1.165) is 10.9 Å². The predicted molar refractivity (Wildman–Crippen MR) is 405 cm³/mol. The summed E-state index contributed by atoms with van der Waals surface area (Å²) in [5, 5.41) is 14.5. The number of nitrogens with zero attached hydrogens (tertiary/aromatic N) is 1. The first-order valence-corrected chi connectivity index (χ1v) is 37.8. The first-order valence-electron chi connectivity index (χ1n) is 31.9. The van der Waals surface area contributed by atoms with E-state index in [0.29, 0.717) is 0 Å². The van der Waals surface area contributed by atoms with Crippen LogP contribution in [0.3, 0.4) is 0 Å². The zero-order valence-electron chi connectivity index (χ0n) is 51.2. The van der Waals surface area contributed by atoms with Gasteiger partial charge in [0.1, 0.15) is 0 Å². The summed E-state index contributed by atoms with van der Waals surface area (Å²) in [7, 11) is 0. The van der Waals surface area contributed by atoms with Crippen molar-refractivity contribution in [2.24, 2.45) is 0 Å². The molecule has 444 valence electrons. The molecule has 0 atom stereocenters. The monoisotopic (exact) mass is 1360 g/mol. The van der Waals surface area contributed by atoms with Crippen LogP contribution in [0, 0.1) is 0 Å². The van der Waals surface area contributed by atoms with Gasteiger partial charge in [0.15, 0.2) is 0 Å². The van der Waals surface area contributed by atoms with Gasteiger partial charge in [-0.25, -0.2) is 0 Å². The Morgan fingerprint density at radius 2 is 0.763 bits per heavy atom. The van der Waals surface area contributed by atoms with Gasteiger partial charge in [-0.05, 0) is 225 Å². The fraction of sp³-hybridized carbons (Fsp3) is 0.106. The molecule has 1 aliphatic heterocycles. The molecule has 93 heavy (non-hydrogen) atoms. The van der Waals surface area contributed by atoms with Gasteiger partial charge in [-0.2, -0.15) is 0 Å². The van der Waals surface area contributed by atoms with Crippen LogP contribution < -0.4 is 4.90 Å². The van der Waals surface area contributed by atoms with E-state index in [1.807, 2.05) is 68.0 Å². The highest BCUT2D eigenvalue weighted by Gasteiger charge is 2.55. The van der Waals surface area contributed by atoms with E-state index >= 15 is 0 Å². The third kappa shape index (κ3) is 7.35. The first kappa shape index (κ1) is 55.2.